The summed E-state index contributed by atoms with van der Waals surface area (Å²) in [5, 5.41) is 13.0. The van der Waals surface area contributed by atoms with Gasteiger partial charge in [0, 0.05) is 12.7 Å². The largest absolute Gasteiger partial charge is 0.481 e. The number of hydrogen-bond acceptors (Lipinski definition) is 4. The number of nitrogens with one attached hydrogen (secondary N) is 1. The Labute approximate surface area is 135 Å². The van der Waals surface area contributed by atoms with Crippen LogP contribution in [0.1, 0.15) is 18.9 Å². The van der Waals surface area contributed by atoms with E-state index >= 15 is 0 Å². The molecule has 0 amide bonds. The van der Waals surface area contributed by atoms with Gasteiger partial charge >= 0.3 is 5.97 Å². The number of nitrogens with zero attached hydrogens (tertiary/aromatic N) is 2. The molecule has 0 aliphatic carbocycles. The SMILES string of the molecule is CCC(Cc1ccc(NS(=O)(=O)c2ccnn2C)cc1)C(=O)O. The van der Waals surface area contributed by atoms with Crippen LogP contribution < -0.4 is 4.72 Å². The molecule has 0 saturated carbocycles. The number of anilines is 1. The van der Waals surface area contributed by atoms with Gasteiger partial charge in [-0.3, -0.25) is 14.2 Å². The summed E-state index contributed by atoms with van der Waals surface area (Å²) < 4.78 is 28.2. The molecular weight excluding hydrogens is 318 g/mol. The van der Waals surface area contributed by atoms with Gasteiger partial charge in [0.15, 0.2) is 5.03 Å². The molecule has 0 bridgehead atoms. The highest BCUT2D eigenvalue weighted by molar-refractivity contribution is 7.92. The van der Waals surface area contributed by atoms with Crippen LogP contribution in [0.25, 0.3) is 0 Å². The number of hydrogen-bond donors (Lipinski definition) is 2. The first-order chi connectivity index (χ1) is 10.8. The molecule has 1 atom stereocenters. The van der Waals surface area contributed by atoms with Crippen molar-refractivity contribution in [2.45, 2.75) is 24.8 Å². The number of aromatic nitrogens is 2. The third-order valence-electron chi connectivity index (χ3n) is 3.58. The molecule has 124 valence electrons. The maximum atomic E-state index is 12.2. The molecule has 0 spiro atoms. The zero-order valence-corrected chi connectivity index (χ0v) is 13.7. The first-order valence-corrected chi connectivity index (χ1v) is 8.64. The Morgan fingerprint density at radius 3 is 2.43 bits per heavy atom. The van der Waals surface area contributed by atoms with Crippen LogP contribution in [0.15, 0.2) is 41.6 Å². The van der Waals surface area contributed by atoms with E-state index in [0.717, 1.165) is 5.56 Å². The molecule has 0 radical (unpaired) electrons. The fourth-order valence-corrected chi connectivity index (χ4v) is 3.42. The van der Waals surface area contributed by atoms with Gasteiger partial charge in [-0.15, -0.1) is 0 Å². The highest BCUT2D eigenvalue weighted by Crippen LogP contribution is 2.18. The zero-order valence-electron chi connectivity index (χ0n) is 12.9. The number of aliphatic carboxylic acids is 1. The first kappa shape index (κ1) is 17.0. The van der Waals surface area contributed by atoms with Gasteiger partial charge in [-0.2, -0.15) is 13.5 Å². The third-order valence-corrected chi connectivity index (χ3v) is 5.04. The van der Waals surface area contributed by atoms with E-state index in [4.69, 9.17) is 5.11 Å². The van der Waals surface area contributed by atoms with Crippen molar-refractivity contribution in [1.29, 1.82) is 0 Å². The van der Waals surface area contributed by atoms with Crippen LogP contribution in [-0.4, -0.2) is 29.3 Å². The molecule has 2 aromatic rings. The van der Waals surface area contributed by atoms with Crippen LogP contribution in [0.5, 0.6) is 0 Å². The van der Waals surface area contributed by atoms with Gasteiger partial charge in [0.25, 0.3) is 10.0 Å². The summed E-state index contributed by atoms with van der Waals surface area (Å²) in [4.78, 5) is 11.1. The van der Waals surface area contributed by atoms with Gasteiger partial charge in [-0.1, -0.05) is 19.1 Å². The van der Waals surface area contributed by atoms with E-state index in [2.05, 4.69) is 9.82 Å². The summed E-state index contributed by atoms with van der Waals surface area (Å²) in [7, 11) is -2.15. The van der Waals surface area contributed by atoms with Crippen molar-refractivity contribution in [2.75, 3.05) is 4.72 Å². The van der Waals surface area contributed by atoms with E-state index in [-0.39, 0.29) is 5.03 Å². The summed E-state index contributed by atoms with van der Waals surface area (Å²) in [6.07, 6.45) is 2.37. The number of benzene rings is 1. The smallest absolute Gasteiger partial charge is 0.306 e. The predicted molar refractivity (Wildman–Crippen MR) is 85.6 cm³/mol. The topological polar surface area (TPSA) is 101 Å². The molecule has 0 saturated heterocycles. The minimum Gasteiger partial charge on any atom is -0.481 e. The molecule has 1 unspecified atom stereocenters. The zero-order chi connectivity index (χ0) is 17.0. The summed E-state index contributed by atoms with van der Waals surface area (Å²) in [5.41, 5.74) is 1.26. The van der Waals surface area contributed by atoms with E-state index in [9.17, 15) is 13.2 Å². The molecule has 2 rings (SSSR count). The van der Waals surface area contributed by atoms with E-state index in [1.807, 2.05) is 6.92 Å². The van der Waals surface area contributed by atoms with E-state index in [1.54, 1.807) is 31.3 Å². The first-order valence-electron chi connectivity index (χ1n) is 7.16. The van der Waals surface area contributed by atoms with Gasteiger partial charge in [0.05, 0.1) is 12.1 Å². The van der Waals surface area contributed by atoms with Gasteiger partial charge in [0.2, 0.25) is 0 Å². The van der Waals surface area contributed by atoms with Crippen LogP contribution in [-0.2, 0) is 28.3 Å². The predicted octanol–water partition coefficient (Wildman–Crippen LogP) is 1.87. The van der Waals surface area contributed by atoms with E-state index < -0.39 is 21.9 Å². The van der Waals surface area contributed by atoms with Gasteiger partial charge in [-0.05, 0) is 36.6 Å². The van der Waals surface area contributed by atoms with Gasteiger partial charge in [0.1, 0.15) is 0 Å². The molecular formula is C15H19N3O4S. The van der Waals surface area contributed by atoms with Crippen LogP contribution >= 0.6 is 0 Å². The van der Waals surface area contributed by atoms with Crippen molar-refractivity contribution in [3.63, 3.8) is 0 Å². The minimum absolute atomic E-state index is 0.0681. The maximum Gasteiger partial charge on any atom is 0.306 e. The Hall–Kier alpha value is -2.35. The lowest BCUT2D eigenvalue weighted by atomic mass is 9.97. The van der Waals surface area contributed by atoms with Crippen LogP contribution in [0, 0.1) is 5.92 Å². The number of aryl methyl sites for hydroxylation is 1. The summed E-state index contributed by atoms with van der Waals surface area (Å²) in [5.74, 6) is -1.26. The van der Waals surface area contributed by atoms with E-state index in [1.165, 1.54) is 16.9 Å². The molecule has 1 heterocycles. The van der Waals surface area contributed by atoms with Crippen molar-refractivity contribution >= 4 is 21.7 Å². The highest BCUT2D eigenvalue weighted by Gasteiger charge is 2.18. The minimum atomic E-state index is -3.70. The summed E-state index contributed by atoms with van der Waals surface area (Å²) >= 11 is 0. The van der Waals surface area contributed by atoms with E-state index in [0.29, 0.717) is 18.5 Å². The average molecular weight is 337 g/mol. The Kier molecular flexibility index (Phi) is 5.05. The van der Waals surface area contributed by atoms with Gasteiger partial charge < -0.3 is 5.11 Å². The number of carboxylic acid groups (broad SMARTS) is 1. The highest BCUT2D eigenvalue weighted by atomic mass is 32.2. The Morgan fingerprint density at radius 1 is 1.30 bits per heavy atom. The number of carbonyl (C=O) groups is 1. The Morgan fingerprint density at radius 2 is 1.96 bits per heavy atom. The molecule has 0 aliphatic heterocycles. The molecule has 8 heteroatoms. The Bertz CT molecular complexity index is 781. The number of carboxylic acids is 1. The lowest BCUT2D eigenvalue weighted by Gasteiger charge is -2.11. The van der Waals surface area contributed by atoms with Crippen molar-refractivity contribution in [1.82, 2.24) is 9.78 Å². The maximum absolute atomic E-state index is 12.2. The van der Waals surface area contributed by atoms with Crippen LogP contribution in [0.3, 0.4) is 0 Å². The molecule has 2 N–H and O–H groups in total. The fourth-order valence-electron chi connectivity index (χ4n) is 2.23. The van der Waals surface area contributed by atoms with Crippen LogP contribution in [0.2, 0.25) is 0 Å². The second-order valence-electron chi connectivity index (χ2n) is 5.24. The lowest BCUT2D eigenvalue weighted by Crippen LogP contribution is -2.17. The normalized spacial score (nSPS) is 12.8. The lowest BCUT2D eigenvalue weighted by molar-refractivity contribution is -0.141. The fraction of sp³-hybridized carbons (Fsp3) is 0.333. The van der Waals surface area contributed by atoms with Crippen LogP contribution in [0.4, 0.5) is 5.69 Å². The van der Waals surface area contributed by atoms with Crippen molar-refractivity contribution in [3.05, 3.63) is 42.1 Å². The van der Waals surface area contributed by atoms with Crippen molar-refractivity contribution in [2.24, 2.45) is 13.0 Å². The second-order valence-corrected chi connectivity index (χ2v) is 6.87. The molecule has 7 nitrogen and oxygen atoms in total. The molecule has 1 aromatic heterocycles. The quantitative estimate of drug-likeness (QED) is 0.803. The molecule has 23 heavy (non-hydrogen) atoms. The monoisotopic (exact) mass is 337 g/mol. The molecule has 1 aromatic carbocycles. The van der Waals surface area contributed by atoms with Crippen molar-refractivity contribution in [3.8, 4) is 0 Å². The number of sulfonamides is 1. The van der Waals surface area contributed by atoms with Crippen molar-refractivity contribution < 1.29 is 18.3 Å². The second kappa shape index (κ2) is 6.82. The number of rotatable bonds is 7. The summed E-state index contributed by atoms with van der Waals surface area (Å²) in [6, 6.07) is 8.12. The summed E-state index contributed by atoms with van der Waals surface area (Å²) in [6.45, 7) is 1.83. The molecule has 0 aliphatic rings. The standard InChI is InChI=1S/C15H19N3O4S/c1-3-12(15(19)20)10-11-4-6-13(7-5-11)17-23(21,22)14-8-9-16-18(14)2/h4-9,12,17H,3,10H2,1-2H3,(H,19,20). The van der Waals surface area contributed by atoms with Gasteiger partial charge in [-0.25, -0.2) is 0 Å². The Balaban J connectivity index is 2.11. The average Bonchev–Trinajstić information content (AvgIpc) is 2.93. The molecule has 0 fully saturated rings. The third kappa shape index (κ3) is 4.10.